The number of rotatable bonds is 11. The third-order valence-electron chi connectivity index (χ3n) is 8.08. The summed E-state index contributed by atoms with van der Waals surface area (Å²) in [4.78, 5) is 26.0. The predicted octanol–water partition coefficient (Wildman–Crippen LogP) is 7.38. The van der Waals surface area contributed by atoms with Crippen molar-refractivity contribution in [2.45, 2.75) is 63.2 Å². The molecule has 2 aromatic heterocycles. The van der Waals surface area contributed by atoms with E-state index in [-0.39, 0.29) is 45.0 Å². The van der Waals surface area contributed by atoms with Gasteiger partial charge in [0.15, 0.2) is 10.3 Å². The molecule has 2 fully saturated rings. The zero-order valence-electron chi connectivity index (χ0n) is 23.9. The summed E-state index contributed by atoms with van der Waals surface area (Å²) in [6.45, 7) is 3.73. The van der Waals surface area contributed by atoms with Crippen molar-refractivity contribution in [2.75, 3.05) is 0 Å². The normalized spacial score (nSPS) is 14.7. The van der Waals surface area contributed by atoms with Gasteiger partial charge in [-0.2, -0.15) is 0 Å². The molecule has 226 valence electrons. The first-order chi connectivity index (χ1) is 21.1. The number of aliphatic carboxylic acids is 2. The summed E-state index contributed by atoms with van der Waals surface area (Å²) in [6.07, 6.45) is 2.99. The summed E-state index contributed by atoms with van der Waals surface area (Å²) >= 11 is 12.6. The van der Waals surface area contributed by atoms with Gasteiger partial charge in [0.25, 0.3) is 0 Å². The van der Waals surface area contributed by atoms with E-state index < -0.39 is 23.8 Å². The second kappa shape index (κ2) is 11.7. The minimum Gasteiger partial charge on any atom is -0.481 e. The molecule has 6 rings (SSSR count). The molecule has 10 nitrogen and oxygen atoms in total. The molecule has 12 heteroatoms. The lowest BCUT2D eigenvalue weighted by Gasteiger charge is -2.31. The Hall–Kier alpha value is -4.28. The number of hydrogen-bond donors (Lipinski definition) is 2. The fourth-order valence-electron chi connectivity index (χ4n) is 5.60. The second-order valence-electron chi connectivity index (χ2n) is 11.3. The van der Waals surface area contributed by atoms with Crippen molar-refractivity contribution in [2.24, 2.45) is 0 Å². The molecule has 4 aromatic rings. The van der Waals surface area contributed by atoms with E-state index in [9.17, 15) is 19.8 Å². The van der Waals surface area contributed by atoms with Gasteiger partial charge >= 0.3 is 11.9 Å². The van der Waals surface area contributed by atoms with E-state index in [1.165, 1.54) is 12.1 Å². The molecular weight excluding hydrogens is 607 g/mol. The Bertz CT molecular complexity index is 1680. The maximum atomic E-state index is 13.5. The first kappa shape index (κ1) is 29.8. The quantitative estimate of drug-likeness (QED) is 0.171. The van der Waals surface area contributed by atoms with Crippen LogP contribution in [0.3, 0.4) is 0 Å². The van der Waals surface area contributed by atoms with Crippen LogP contribution in [0.25, 0.3) is 0 Å². The van der Waals surface area contributed by atoms with Gasteiger partial charge in [-0.25, -0.2) is 0 Å². The van der Waals surface area contributed by atoms with Crippen molar-refractivity contribution in [1.82, 2.24) is 20.4 Å². The standard InChI is InChI=1S/C32H28Cl2N4O6/c1-16-5-3-7-20(18-9-10-18)27(16)43-29-22(13-24(33)35-37-29)32(31(41)42,15-26(39)40)23-14-25(34)36-38-30(23)44-28-17(2)6-4-8-21(28)19-11-12-19/h3-8,13-14,18-19H,9-12,15H2,1-2H3,(H,39,40)(H,41,42). The largest absolute Gasteiger partial charge is 0.481 e. The summed E-state index contributed by atoms with van der Waals surface area (Å²) in [7, 11) is 0. The highest BCUT2D eigenvalue weighted by molar-refractivity contribution is 6.29. The predicted molar refractivity (Wildman–Crippen MR) is 161 cm³/mol. The Labute approximate surface area is 263 Å². The molecule has 2 aliphatic rings. The lowest BCUT2D eigenvalue weighted by Crippen LogP contribution is -2.40. The number of ether oxygens (including phenoxy) is 2. The minimum atomic E-state index is -2.39. The maximum Gasteiger partial charge on any atom is 0.319 e. The highest BCUT2D eigenvalue weighted by Crippen LogP contribution is 2.51. The third kappa shape index (κ3) is 5.67. The minimum absolute atomic E-state index is 0.154. The van der Waals surface area contributed by atoms with E-state index in [0.29, 0.717) is 11.5 Å². The zero-order valence-corrected chi connectivity index (χ0v) is 25.4. The van der Waals surface area contributed by atoms with E-state index in [4.69, 9.17) is 32.7 Å². The van der Waals surface area contributed by atoms with Gasteiger partial charge in [0.1, 0.15) is 16.9 Å². The van der Waals surface area contributed by atoms with Gasteiger partial charge in [0.05, 0.1) is 6.42 Å². The Morgan fingerprint density at radius 1 is 0.773 bits per heavy atom. The number of nitrogens with zero attached hydrogens (tertiary/aromatic N) is 4. The summed E-state index contributed by atoms with van der Waals surface area (Å²) in [5.41, 5.74) is 0.771. The summed E-state index contributed by atoms with van der Waals surface area (Å²) in [6, 6.07) is 14.0. The fraction of sp³-hybridized carbons (Fsp3) is 0.312. The number of hydrogen-bond acceptors (Lipinski definition) is 8. The van der Waals surface area contributed by atoms with Crippen LogP contribution in [-0.4, -0.2) is 42.5 Å². The summed E-state index contributed by atoms with van der Waals surface area (Å²) in [5, 5.41) is 37.0. The summed E-state index contributed by atoms with van der Waals surface area (Å²) < 4.78 is 12.7. The van der Waals surface area contributed by atoms with Crippen LogP contribution in [-0.2, 0) is 15.0 Å². The number of aromatic nitrogens is 4. The van der Waals surface area contributed by atoms with E-state index in [2.05, 4.69) is 20.4 Å². The van der Waals surface area contributed by atoms with Gasteiger partial charge < -0.3 is 19.7 Å². The highest BCUT2D eigenvalue weighted by atomic mass is 35.5. The van der Waals surface area contributed by atoms with Crippen LogP contribution in [0, 0.1) is 13.8 Å². The lowest BCUT2D eigenvalue weighted by atomic mass is 9.72. The van der Waals surface area contributed by atoms with E-state index in [0.717, 1.165) is 47.9 Å². The first-order valence-corrected chi connectivity index (χ1v) is 14.9. The molecule has 44 heavy (non-hydrogen) atoms. The zero-order chi connectivity index (χ0) is 31.2. The van der Waals surface area contributed by atoms with Gasteiger partial charge in [0.2, 0.25) is 11.8 Å². The molecule has 0 aliphatic heterocycles. The van der Waals surface area contributed by atoms with Crippen molar-refractivity contribution in [3.63, 3.8) is 0 Å². The van der Waals surface area contributed by atoms with Gasteiger partial charge in [-0.1, -0.05) is 59.6 Å². The van der Waals surface area contributed by atoms with Crippen molar-refractivity contribution in [1.29, 1.82) is 0 Å². The SMILES string of the molecule is Cc1cccc(C2CC2)c1Oc1nnc(Cl)cc1C(CC(=O)O)(C(=O)O)c1cc(Cl)nnc1Oc1c(C)cccc1C1CC1. The average molecular weight is 636 g/mol. The van der Waals surface area contributed by atoms with Gasteiger partial charge in [-0.3, -0.25) is 9.59 Å². The van der Waals surface area contributed by atoms with Crippen LogP contribution in [0.15, 0.2) is 48.5 Å². The first-order valence-electron chi connectivity index (χ1n) is 14.2. The molecule has 0 radical (unpaired) electrons. The average Bonchev–Trinajstić information content (AvgIpc) is 3.89. The second-order valence-corrected chi connectivity index (χ2v) is 12.1. The third-order valence-corrected chi connectivity index (χ3v) is 8.45. The van der Waals surface area contributed by atoms with Gasteiger partial charge in [-0.15, -0.1) is 20.4 Å². The van der Waals surface area contributed by atoms with Crippen LogP contribution in [0.2, 0.25) is 10.3 Å². The number of aryl methyl sites for hydroxylation is 2. The maximum absolute atomic E-state index is 13.5. The number of para-hydroxylation sites is 2. The van der Waals surface area contributed by atoms with E-state index in [1.54, 1.807) is 0 Å². The number of carbonyl (C=O) groups is 2. The molecule has 2 heterocycles. The molecule has 0 saturated heterocycles. The molecule has 2 aromatic carbocycles. The van der Waals surface area contributed by atoms with Crippen molar-refractivity contribution < 1.29 is 29.3 Å². The molecule has 0 bridgehead atoms. The number of halogens is 2. The van der Waals surface area contributed by atoms with Crippen LogP contribution >= 0.6 is 23.2 Å². The molecule has 2 aliphatic carbocycles. The van der Waals surface area contributed by atoms with Crippen LogP contribution < -0.4 is 9.47 Å². The Balaban J connectivity index is 1.57. The molecule has 0 amide bonds. The van der Waals surface area contributed by atoms with Gasteiger partial charge in [0, 0.05) is 11.1 Å². The molecule has 2 saturated carbocycles. The smallest absolute Gasteiger partial charge is 0.319 e. The Morgan fingerprint density at radius 2 is 1.20 bits per heavy atom. The molecule has 0 atom stereocenters. The molecule has 0 unspecified atom stereocenters. The van der Waals surface area contributed by atoms with Gasteiger partial charge in [-0.05, 0) is 85.8 Å². The number of carboxylic acid groups (broad SMARTS) is 2. The monoisotopic (exact) mass is 634 g/mol. The topological polar surface area (TPSA) is 145 Å². The Morgan fingerprint density at radius 3 is 1.57 bits per heavy atom. The summed E-state index contributed by atoms with van der Waals surface area (Å²) in [5.74, 6) is -1.83. The van der Waals surface area contributed by atoms with Crippen molar-refractivity contribution in [3.05, 3.63) is 92.2 Å². The molecule has 0 spiro atoms. The van der Waals surface area contributed by atoms with E-state index in [1.807, 2.05) is 50.2 Å². The molecule has 2 N–H and O–H groups in total. The van der Waals surface area contributed by atoms with Crippen LogP contribution in [0.1, 0.15) is 77.3 Å². The highest BCUT2D eigenvalue weighted by Gasteiger charge is 2.50. The lowest BCUT2D eigenvalue weighted by molar-refractivity contribution is -0.148. The van der Waals surface area contributed by atoms with E-state index >= 15 is 0 Å². The van der Waals surface area contributed by atoms with Crippen molar-refractivity contribution >= 4 is 35.1 Å². The number of benzene rings is 2. The Kier molecular flexibility index (Phi) is 7.89. The van der Waals surface area contributed by atoms with Crippen molar-refractivity contribution in [3.8, 4) is 23.3 Å². The van der Waals surface area contributed by atoms with Crippen LogP contribution in [0.5, 0.6) is 23.3 Å². The molecular formula is C32H28Cl2N4O6. The fourth-order valence-corrected chi connectivity index (χ4v) is 5.89. The number of carboxylic acids is 2. The van der Waals surface area contributed by atoms with Crippen LogP contribution in [0.4, 0.5) is 0 Å².